The molecule has 0 aliphatic heterocycles. The molecule has 0 heterocycles. The lowest BCUT2D eigenvalue weighted by atomic mass is 9.99. The van der Waals surface area contributed by atoms with Crippen LogP contribution in [-0.4, -0.2) is 26.1 Å². The van der Waals surface area contributed by atoms with E-state index in [1.165, 1.54) is 0 Å². The van der Waals surface area contributed by atoms with Crippen LogP contribution in [0.3, 0.4) is 0 Å². The minimum absolute atomic E-state index is 0.497. The summed E-state index contributed by atoms with van der Waals surface area (Å²) in [5.74, 6) is 1.13. The summed E-state index contributed by atoms with van der Waals surface area (Å²) in [6.07, 6.45) is 6.56. The van der Waals surface area contributed by atoms with Crippen LogP contribution in [-0.2, 0) is 0 Å². The van der Waals surface area contributed by atoms with E-state index < -0.39 is 0 Å². The average molecular weight is 236 g/mol. The van der Waals surface area contributed by atoms with Crippen LogP contribution in [0.4, 0.5) is 0 Å². The molecule has 0 fully saturated rings. The van der Waals surface area contributed by atoms with Gasteiger partial charge in [0.1, 0.15) is 5.84 Å². The van der Waals surface area contributed by atoms with Crippen LogP contribution in [0.2, 0.25) is 0 Å². The number of allylic oxidation sites excluding steroid dienone is 2. The summed E-state index contributed by atoms with van der Waals surface area (Å²) in [6.45, 7) is 10.0. The topological polar surface area (TPSA) is 62.8 Å². The molecule has 0 bridgehead atoms. The number of rotatable bonds is 8. The minimum Gasteiger partial charge on any atom is -0.401 e. The quantitative estimate of drug-likeness (QED) is 0.385. The molecule has 0 amide bonds. The lowest BCUT2D eigenvalue weighted by Crippen LogP contribution is -2.12. The molecular weight excluding hydrogens is 212 g/mol. The Morgan fingerprint density at radius 2 is 2.18 bits per heavy atom. The van der Waals surface area contributed by atoms with Crippen LogP contribution >= 0.6 is 0 Å². The second-order valence-corrected chi connectivity index (χ2v) is 3.97. The van der Waals surface area contributed by atoms with E-state index in [0.717, 1.165) is 31.5 Å². The van der Waals surface area contributed by atoms with E-state index in [-0.39, 0.29) is 0 Å². The molecule has 0 radical (unpaired) electrons. The fourth-order valence-corrected chi connectivity index (χ4v) is 1.34. The highest BCUT2D eigenvalue weighted by Gasteiger charge is 2.03. The van der Waals surface area contributed by atoms with Crippen LogP contribution in [0.15, 0.2) is 34.5 Å². The Hall–Kier alpha value is -1.42. The summed E-state index contributed by atoms with van der Waals surface area (Å²) < 4.78 is 0. The third kappa shape index (κ3) is 8.39. The molecule has 0 aliphatic carbocycles. The summed E-state index contributed by atoms with van der Waals surface area (Å²) in [5.41, 5.74) is 6.62. The van der Waals surface area contributed by atoms with Gasteiger partial charge < -0.3 is 11.1 Å². The van der Waals surface area contributed by atoms with E-state index in [1.54, 1.807) is 13.1 Å². The number of amidine groups is 1. The third-order valence-corrected chi connectivity index (χ3v) is 2.55. The van der Waals surface area contributed by atoms with Crippen molar-refractivity contribution in [3.05, 3.63) is 24.6 Å². The molecule has 3 N–H and O–H groups in total. The molecule has 1 atom stereocenters. The van der Waals surface area contributed by atoms with Gasteiger partial charge in [0.05, 0.1) is 0 Å². The van der Waals surface area contributed by atoms with E-state index in [4.69, 9.17) is 5.73 Å². The van der Waals surface area contributed by atoms with Crippen molar-refractivity contribution >= 4 is 12.6 Å². The fourth-order valence-electron chi connectivity index (χ4n) is 1.34. The molecular formula is C13H24N4. The number of nitrogens with zero attached hydrogens (tertiary/aromatic N) is 2. The van der Waals surface area contributed by atoms with Crippen molar-refractivity contribution in [2.24, 2.45) is 21.6 Å². The maximum Gasteiger partial charge on any atom is 0.124 e. The zero-order valence-electron chi connectivity index (χ0n) is 10.9. The summed E-state index contributed by atoms with van der Waals surface area (Å²) in [4.78, 5) is 7.76. The molecule has 0 saturated carbocycles. The van der Waals surface area contributed by atoms with Crippen LogP contribution in [0.5, 0.6) is 0 Å². The van der Waals surface area contributed by atoms with Crippen molar-refractivity contribution in [3.8, 4) is 0 Å². The zero-order chi connectivity index (χ0) is 13.1. The molecule has 4 nitrogen and oxygen atoms in total. The summed E-state index contributed by atoms with van der Waals surface area (Å²) in [7, 11) is 1.95. The van der Waals surface area contributed by atoms with Crippen LogP contribution in [0.25, 0.3) is 0 Å². The maximum atomic E-state index is 5.85. The lowest BCUT2D eigenvalue weighted by molar-refractivity contribution is 0.527. The molecule has 0 aliphatic rings. The molecule has 1 unspecified atom stereocenters. The van der Waals surface area contributed by atoms with Gasteiger partial charge in [-0.05, 0) is 52.4 Å². The Balaban J connectivity index is 4.07. The molecule has 0 aromatic carbocycles. The number of hydrogen-bond donors (Lipinski definition) is 2. The van der Waals surface area contributed by atoms with Crippen molar-refractivity contribution < 1.29 is 0 Å². The van der Waals surface area contributed by atoms with Crippen molar-refractivity contribution in [2.45, 2.75) is 26.2 Å². The molecule has 0 spiro atoms. The smallest absolute Gasteiger partial charge is 0.124 e. The fraction of sp³-hybridized carbons (Fsp3) is 0.538. The third-order valence-electron chi connectivity index (χ3n) is 2.55. The second-order valence-electron chi connectivity index (χ2n) is 3.97. The highest BCUT2D eigenvalue weighted by molar-refractivity contribution is 5.84. The lowest BCUT2D eigenvalue weighted by Gasteiger charge is -2.11. The van der Waals surface area contributed by atoms with Crippen molar-refractivity contribution in [1.29, 1.82) is 0 Å². The average Bonchev–Trinajstić information content (AvgIpc) is 2.36. The van der Waals surface area contributed by atoms with Crippen molar-refractivity contribution in [2.75, 3.05) is 13.6 Å². The molecule has 0 aromatic rings. The number of nitrogens with one attached hydrogen (secondary N) is 1. The van der Waals surface area contributed by atoms with Gasteiger partial charge in [0.2, 0.25) is 0 Å². The van der Waals surface area contributed by atoms with Gasteiger partial charge in [-0.25, -0.2) is 9.98 Å². The van der Waals surface area contributed by atoms with E-state index in [2.05, 4.69) is 28.6 Å². The Bertz CT molecular complexity index is 292. The van der Waals surface area contributed by atoms with Gasteiger partial charge in [0.15, 0.2) is 0 Å². The van der Waals surface area contributed by atoms with Gasteiger partial charge in [-0.1, -0.05) is 6.08 Å². The van der Waals surface area contributed by atoms with Crippen LogP contribution in [0.1, 0.15) is 26.2 Å². The van der Waals surface area contributed by atoms with Crippen molar-refractivity contribution in [1.82, 2.24) is 5.32 Å². The molecule has 0 aromatic heterocycles. The number of aliphatic imine (C=N–C) groups is 2. The number of nitrogens with two attached hydrogens (primary N) is 1. The largest absolute Gasteiger partial charge is 0.401 e. The van der Waals surface area contributed by atoms with Gasteiger partial charge in [-0.2, -0.15) is 0 Å². The molecule has 0 rings (SSSR count). The first-order valence-corrected chi connectivity index (χ1v) is 5.86. The maximum absolute atomic E-state index is 5.85. The molecule has 4 heteroatoms. The highest BCUT2D eigenvalue weighted by atomic mass is 14.9. The standard InChI is InChI=1S/C13H24N4/c1-5-12(8-9-15-3)6-7-13(14)10-17-11(2)16-4/h5,10,12,15H,1,4,6-9,14H2,2-3H3/b13-10+,17-11?. The second kappa shape index (κ2) is 9.78. The monoisotopic (exact) mass is 236 g/mol. The SMILES string of the molecule is C=CC(CCNC)CC/C(N)=C\N=C(C)N=C. The Morgan fingerprint density at radius 1 is 1.47 bits per heavy atom. The highest BCUT2D eigenvalue weighted by Crippen LogP contribution is 2.14. The first kappa shape index (κ1) is 15.6. The van der Waals surface area contributed by atoms with Crippen LogP contribution < -0.4 is 11.1 Å². The predicted octanol–water partition coefficient (Wildman–Crippen LogP) is 2.10. The Labute approximate surface area is 104 Å². The van der Waals surface area contributed by atoms with Gasteiger partial charge in [-0.3, -0.25) is 0 Å². The van der Waals surface area contributed by atoms with E-state index in [1.807, 2.05) is 13.1 Å². The summed E-state index contributed by atoms with van der Waals surface area (Å²) >= 11 is 0. The Kier molecular flexibility index (Phi) is 8.96. The molecule has 17 heavy (non-hydrogen) atoms. The van der Waals surface area contributed by atoms with Gasteiger partial charge in [0.25, 0.3) is 0 Å². The zero-order valence-corrected chi connectivity index (χ0v) is 10.9. The van der Waals surface area contributed by atoms with E-state index >= 15 is 0 Å². The predicted molar refractivity (Wildman–Crippen MR) is 76.4 cm³/mol. The van der Waals surface area contributed by atoms with E-state index in [9.17, 15) is 0 Å². The minimum atomic E-state index is 0.497. The van der Waals surface area contributed by atoms with Gasteiger partial charge in [0, 0.05) is 11.9 Å². The summed E-state index contributed by atoms with van der Waals surface area (Å²) in [5, 5.41) is 3.13. The van der Waals surface area contributed by atoms with Gasteiger partial charge >= 0.3 is 0 Å². The van der Waals surface area contributed by atoms with Gasteiger partial charge in [-0.15, -0.1) is 6.58 Å². The normalized spacial score (nSPS) is 14.5. The van der Waals surface area contributed by atoms with Crippen LogP contribution in [0, 0.1) is 5.92 Å². The Morgan fingerprint density at radius 3 is 2.71 bits per heavy atom. The molecule has 0 saturated heterocycles. The van der Waals surface area contributed by atoms with E-state index in [0.29, 0.717) is 11.8 Å². The first-order chi connectivity index (χ1) is 8.13. The first-order valence-electron chi connectivity index (χ1n) is 5.86. The summed E-state index contributed by atoms with van der Waals surface area (Å²) in [6, 6.07) is 0. The number of hydrogen-bond acceptors (Lipinski definition) is 3. The van der Waals surface area contributed by atoms with Crippen molar-refractivity contribution in [3.63, 3.8) is 0 Å². The molecule has 96 valence electrons.